The smallest absolute Gasteiger partial charge is 0.135 e. The van der Waals surface area contributed by atoms with E-state index in [2.05, 4.69) is 64.3 Å². The molecule has 1 heterocycles. The summed E-state index contributed by atoms with van der Waals surface area (Å²) in [5.41, 5.74) is 1.79. The predicted molar refractivity (Wildman–Crippen MR) is 91.4 cm³/mol. The van der Waals surface area contributed by atoms with Crippen LogP contribution >= 0.6 is 0 Å². The van der Waals surface area contributed by atoms with Crippen LogP contribution in [0.25, 0.3) is 0 Å². The van der Waals surface area contributed by atoms with Crippen molar-refractivity contribution in [2.45, 2.75) is 57.5 Å². The van der Waals surface area contributed by atoms with Crippen LogP contribution in [0.3, 0.4) is 0 Å². The molecular weight excluding hydrogens is 284 g/mol. The minimum atomic E-state index is 0.313. The second-order valence-electron chi connectivity index (χ2n) is 7.68. The molecule has 0 radical (unpaired) electrons. The second kappa shape index (κ2) is 5.75. The van der Waals surface area contributed by atoms with E-state index in [0.717, 1.165) is 13.1 Å². The van der Waals surface area contributed by atoms with Gasteiger partial charge in [-0.3, -0.25) is 0 Å². The molecule has 1 N–H and O–H groups in total. The van der Waals surface area contributed by atoms with Gasteiger partial charge in [0.2, 0.25) is 0 Å². The first-order valence-electron chi connectivity index (χ1n) is 8.82. The monoisotopic (exact) mass is 310 g/mol. The fraction of sp³-hybridized carbons (Fsp3) is 0.579. The SMILES string of the molecule is CC1(C)[C@H](NCCn2cnnc2C2CC2)C[C@H]1c1ccccc1. The lowest BCUT2D eigenvalue weighted by Crippen LogP contribution is -2.55. The molecule has 1 aromatic heterocycles. The first-order valence-corrected chi connectivity index (χ1v) is 8.82. The van der Waals surface area contributed by atoms with Gasteiger partial charge in [0, 0.05) is 25.0 Å². The summed E-state index contributed by atoms with van der Waals surface area (Å²) in [7, 11) is 0. The first kappa shape index (κ1) is 14.9. The lowest BCUT2D eigenvalue weighted by Gasteiger charge is -2.53. The van der Waals surface area contributed by atoms with E-state index in [9.17, 15) is 0 Å². The molecule has 4 nitrogen and oxygen atoms in total. The molecule has 1 aromatic carbocycles. The van der Waals surface area contributed by atoms with Crippen LogP contribution in [0.4, 0.5) is 0 Å². The molecule has 2 aromatic rings. The Hall–Kier alpha value is -1.68. The Bertz CT molecular complexity index is 657. The lowest BCUT2D eigenvalue weighted by atomic mass is 9.56. The van der Waals surface area contributed by atoms with Crippen LogP contribution in [0.15, 0.2) is 36.7 Å². The fourth-order valence-corrected chi connectivity index (χ4v) is 3.98. The van der Waals surface area contributed by atoms with Crippen LogP contribution in [0.2, 0.25) is 0 Å². The van der Waals surface area contributed by atoms with Crippen LogP contribution < -0.4 is 5.32 Å². The van der Waals surface area contributed by atoms with Crippen molar-refractivity contribution in [2.75, 3.05) is 6.54 Å². The number of benzene rings is 1. The minimum absolute atomic E-state index is 0.313. The van der Waals surface area contributed by atoms with E-state index in [1.54, 1.807) is 0 Å². The number of aromatic nitrogens is 3. The van der Waals surface area contributed by atoms with Crippen LogP contribution in [-0.2, 0) is 6.54 Å². The Morgan fingerprint density at radius 3 is 2.70 bits per heavy atom. The highest BCUT2D eigenvalue weighted by atomic mass is 15.3. The summed E-state index contributed by atoms with van der Waals surface area (Å²) >= 11 is 0. The number of hydrogen-bond donors (Lipinski definition) is 1. The van der Waals surface area contributed by atoms with Crippen LogP contribution in [-0.4, -0.2) is 27.4 Å². The van der Waals surface area contributed by atoms with Gasteiger partial charge in [0.25, 0.3) is 0 Å². The van der Waals surface area contributed by atoms with Gasteiger partial charge in [-0.2, -0.15) is 0 Å². The molecule has 0 aliphatic heterocycles. The average molecular weight is 310 g/mol. The molecule has 0 amide bonds. The first-order chi connectivity index (χ1) is 11.2. The molecule has 2 aliphatic rings. The largest absolute Gasteiger partial charge is 0.316 e. The van der Waals surface area contributed by atoms with Gasteiger partial charge in [-0.1, -0.05) is 44.2 Å². The summed E-state index contributed by atoms with van der Waals surface area (Å²) in [6.45, 7) is 6.75. The van der Waals surface area contributed by atoms with Crippen molar-refractivity contribution in [1.29, 1.82) is 0 Å². The molecule has 0 unspecified atom stereocenters. The zero-order chi connectivity index (χ0) is 15.9. The van der Waals surface area contributed by atoms with Crippen molar-refractivity contribution in [3.63, 3.8) is 0 Å². The number of nitrogens with zero attached hydrogens (tertiary/aromatic N) is 3. The number of rotatable bonds is 6. The van der Waals surface area contributed by atoms with E-state index >= 15 is 0 Å². The van der Waals surface area contributed by atoms with Gasteiger partial charge in [-0.25, -0.2) is 0 Å². The Kier molecular flexibility index (Phi) is 3.72. The molecule has 122 valence electrons. The van der Waals surface area contributed by atoms with E-state index in [4.69, 9.17) is 0 Å². The van der Waals surface area contributed by atoms with Crippen LogP contribution in [0, 0.1) is 5.41 Å². The average Bonchev–Trinajstić information content (AvgIpc) is 3.30. The fourth-order valence-electron chi connectivity index (χ4n) is 3.98. The van der Waals surface area contributed by atoms with Crippen LogP contribution in [0.1, 0.15) is 56.3 Å². The van der Waals surface area contributed by atoms with Crippen LogP contribution in [0.5, 0.6) is 0 Å². The standard InChI is InChI=1S/C19H26N4/c1-19(2)16(14-6-4-3-5-7-14)12-17(19)20-10-11-23-13-21-22-18(23)15-8-9-15/h3-7,13,15-17,20H,8-12H2,1-2H3/t16-,17+/m0/s1. The maximum atomic E-state index is 4.28. The van der Waals surface area contributed by atoms with Crippen molar-refractivity contribution in [2.24, 2.45) is 5.41 Å². The van der Waals surface area contributed by atoms with Crippen molar-refractivity contribution in [3.8, 4) is 0 Å². The lowest BCUT2D eigenvalue weighted by molar-refractivity contribution is 0.0686. The van der Waals surface area contributed by atoms with Gasteiger partial charge in [0.1, 0.15) is 12.2 Å². The molecule has 2 fully saturated rings. The van der Waals surface area contributed by atoms with Crippen molar-refractivity contribution < 1.29 is 0 Å². The summed E-state index contributed by atoms with van der Waals surface area (Å²) in [5.74, 6) is 2.51. The van der Waals surface area contributed by atoms with Gasteiger partial charge >= 0.3 is 0 Å². The Morgan fingerprint density at radius 1 is 1.22 bits per heavy atom. The number of nitrogens with one attached hydrogen (secondary N) is 1. The topological polar surface area (TPSA) is 42.7 Å². The Balaban J connectivity index is 1.31. The second-order valence-corrected chi connectivity index (χ2v) is 7.68. The summed E-state index contributed by atoms with van der Waals surface area (Å²) in [5, 5.41) is 12.1. The van der Waals surface area contributed by atoms with E-state index < -0.39 is 0 Å². The maximum absolute atomic E-state index is 4.28. The maximum Gasteiger partial charge on any atom is 0.135 e. The predicted octanol–water partition coefficient (Wildman–Crippen LogP) is 3.33. The highest BCUT2D eigenvalue weighted by Crippen LogP contribution is 2.52. The highest BCUT2D eigenvalue weighted by molar-refractivity contribution is 5.27. The Labute approximate surface area is 138 Å². The van der Waals surface area contributed by atoms with Gasteiger partial charge < -0.3 is 9.88 Å². The summed E-state index contributed by atoms with van der Waals surface area (Å²) in [4.78, 5) is 0. The van der Waals surface area contributed by atoms with Gasteiger partial charge in [-0.05, 0) is 36.2 Å². The van der Waals surface area contributed by atoms with E-state index in [1.165, 1.54) is 30.7 Å². The molecule has 4 heteroatoms. The highest BCUT2D eigenvalue weighted by Gasteiger charge is 2.48. The minimum Gasteiger partial charge on any atom is -0.316 e. The van der Waals surface area contributed by atoms with Gasteiger partial charge in [0.05, 0.1) is 0 Å². The zero-order valence-corrected chi connectivity index (χ0v) is 14.1. The van der Waals surface area contributed by atoms with Crippen molar-refractivity contribution in [3.05, 3.63) is 48.0 Å². The molecule has 0 spiro atoms. The van der Waals surface area contributed by atoms with E-state index in [1.807, 2.05) is 6.33 Å². The van der Waals surface area contributed by atoms with Gasteiger partial charge in [-0.15, -0.1) is 10.2 Å². The van der Waals surface area contributed by atoms with Crippen molar-refractivity contribution in [1.82, 2.24) is 20.1 Å². The normalized spacial score (nSPS) is 26.0. The molecule has 0 bridgehead atoms. The third-order valence-electron chi connectivity index (χ3n) is 5.80. The van der Waals surface area contributed by atoms with E-state index in [0.29, 0.717) is 23.3 Å². The third-order valence-corrected chi connectivity index (χ3v) is 5.80. The molecular formula is C19H26N4. The molecule has 23 heavy (non-hydrogen) atoms. The number of hydrogen-bond acceptors (Lipinski definition) is 3. The van der Waals surface area contributed by atoms with Crippen molar-refractivity contribution >= 4 is 0 Å². The van der Waals surface area contributed by atoms with E-state index in [-0.39, 0.29) is 0 Å². The molecule has 2 aliphatic carbocycles. The summed E-state index contributed by atoms with van der Waals surface area (Å²) in [6.07, 6.45) is 5.67. The summed E-state index contributed by atoms with van der Waals surface area (Å²) < 4.78 is 2.23. The third kappa shape index (κ3) is 2.80. The van der Waals surface area contributed by atoms with Gasteiger partial charge in [0.15, 0.2) is 0 Å². The molecule has 2 saturated carbocycles. The zero-order valence-electron chi connectivity index (χ0n) is 14.1. The quantitative estimate of drug-likeness (QED) is 0.890. The Morgan fingerprint density at radius 2 is 2.00 bits per heavy atom. The molecule has 0 saturated heterocycles. The molecule has 4 rings (SSSR count). The summed E-state index contributed by atoms with van der Waals surface area (Å²) in [6, 6.07) is 11.5. The molecule has 2 atom stereocenters.